The average molecular weight is 436 g/mol. The van der Waals surface area contributed by atoms with Gasteiger partial charge in [-0.3, -0.25) is 0 Å². The molecule has 0 bridgehead atoms. The third kappa shape index (κ3) is 3.86. The van der Waals surface area contributed by atoms with Crippen molar-refractivity contribution in [3.63, 3.8) is 0 Å². The second-order valence-electron chi connectivity index (χ2n) is 9.40. The number of aryl methyl sites for hydroxylation is 1. The first kappa shape index (κ1) is 20.6. The molecule has 1 saturated heterocycles. The van der Waals surface area contributed by atoms with Gasteiger partial charge < -0.3 is 19.7 Å². The van der Waals surface area contributed by atoms with Gasteiger partial charge in [0.15, 0.2) is 11.5 Å². The Labute approximate surface area is 185 Å². The predicted molar refractivity (Wildman–Crippen MR) is 123 cm³/mol. The molecule has 1 aromatic carbocycles. The van der Waals surface area contributed by atoms with Gasteiger partial charge in [-0.05, 0) is 51.1 Å². The third-order valence-corrected chi connectivity index (χ3v) is 5.61. The number of nitrogens with zero attached hydrogens (tertiary/aromatic N) is 4. The number of nitrogens with one attached hydrogen (secondary N) is 1. The zero-order chi connectivity index (χ0) is 22.6. The molecule has 5 rings (SSSR count). The van der Waals surface area contributed by atoms with Crippen molar-refractivity contribution in [2.75, 3.05) is 18.0 Å². The summed E-state index contributed by atoms with van der Waals surface area (Å²) in [6.07, 6.45) is -0.954. The average Bonchev–Trinajstić information content (AvgIpc) is 3.26. The number of halogens is 1. The van der Waals surface area contributed by atoms with Crippen LogP contribution in [0.15, 0.2) is 40.8 Å². The minimum absolute atomic E-state index is 0.0886. The van der Waals surface area contributed by atoms with E-state index >= 15 is 0 Å². The molecular formula is C24H26FN5O2. The lowest BCUT2D eigenvalue weighted by Crippen LogP contribution is -2.48. The van der Waals surface area contributed by atoms with Crippen LogP contribution in [0.25, 0.3) is 33.4 Å². The number of phenols is 1. The Bertz CT molecular complexity index is 1310. The lowest BCUT2D eigenvalue weighted by atomic mass is 10.1. The van der Waals surface area contributed by atoms with Gasteiger partial charge in [0.25, 0.3) is 0 Å². The molecule has 2 atom stereocenters. The Balaban J connectivity index is 1.44. The maximum atomic E-state index is 14.6. The van der Waals surface area contributed by atoms with E-state index in [0.29, 0.717) is 52.4 Å². The summed E-state index contributed by atoms with van der Waals surface area (Å²) in [7, 11) is 0. The van der Waals surface area contributed by atoms with Crippen molar-refractivity contribution in [1.29, 1.82) is 0 Å². The second kappa shape index (κ2) is 7.41. The minimum Gasteiger partial charge on any atom is -0.507 e. The van der Waals surface area contributed by atoms with E-state index in [1.807, 2.05) is 49.9 Å². The number of fused-ring (bicyclic) bond motifs is 2. The number of pyridine rings is 2. The van der Waals surface area contributed by atoms with Crippen molar-refractivity contribution < 1.29 is 13.9 Å². The summed E-state index contributed by atoms with van der Waals surface area (Å²) in [6.45, 7) is 8.76. The number of alkyl halides is 1. The van der Waals surface area contributed by atoms with E-state index in [1.165, 1.54) is 0 Å². The molecule has 32 heavy (non-hydrogen) atoms. The highest BCUT2D eigenvalue weighted by Gasteiger charge is 2.35. The molecule has 0 aliphatic carbocycles. The van der Waals surface area contributed by atoms with E-state index in [9.17, 15) is 9.50 Å². The van der Waals surface area contributed by atoms with Gasteiger partial charge in [-0.15, -0.1) is 0 Å². The molecule has 1 fully saturated rings. The molecule has 166 valence electrons. The molecule has 4 heterocycles. The number of rotatable bonds is 3. The summed E-state index contributed by atoms with van der Waals surface area (Å²) in [5.74, 6) is 1.36. The molecular weight excluding hydrogens is 409 g/mol. The van der Waals surface area contributed by atoms with Gasteiger partial charge in [0.1, 0.15) is 23.3 Å². The fraction of sp³-hybridized carbons (Fsp3) is 0.375. The molecule has 0 saturated carbocycles. The summed E-state index contributed by atoms with van der Waals surface area (Å²) in [5, 5.41) is 13.8. The zero-order valence-corrected chi connectivity index (χ0v) is 18.6. The molecule has 0 spiro atoms. The molecule has 7 nitrogen and oxygen atoms in total. The number of phenolic OH excluding ortho intramolecular Hbond substituents is 1. The lowest BCUT2D eigenvalue weighted by molar-refractivity contribution is 0.257. The molecule has 2 N–H and O–H groups in total. The van der Waals surface area contributed by atoms with Gasteiger partial charge in [0.2, 0.25) is 0 Å². The van der Waals surface area contributed by atoms with Crippen LogP contribution in [-0.4, -0.2) is 50.9 Å². The Kier molecular flexibility index (Phi) is 4.78. The second-order valence-corrected chi connectivity index (χ2v) is 9.40. The third-order valence-electron chi connectivity index (χ3n) is 5.61. The van der Waals surface area contributed by atoms with Gasteiger partial charge in [0, 0.05) is 30.6 Å². The first-order chi connectivity index (χ1) is 15.2. The van der Waals surface area contributed by atoms with Crippen molar-refractivity contribution in [3.8, 4) is 17.0 Å². The molecule has 3 aromatic heterocycles. The Morgan fingerprint density at radius 2 is 1.78 bits per heavy atom. The zero-order valence-electron chi connectivity index (χ0n) is 18.6. The number of oxazole rings is 1. The van der Waals surface area contributed by atoms with Crippen LogP contribution >= 0.6 is 0 Å². The number of aromatic hydroxyl groups is 1. The smallest absolute Gasteiger partial charge is 0.192 e. The van der Waals surface area contributed by atoms with Crippen LogP contribution in [0, 0.1) is 6.92 Å². The van der Waals surface area contributed by atoms with Gasteiger partial charge in [0.05, 0.1) is 29.3 Å². The van der Waals surface area contributed by atoms with Crippen molar-refractivity contribution in [2.24, 2.45) is 0 Å². The van der Waals surface area contributed by atoms with E-state index in [-0.39, 0.29) is 17.3 Å². The normalized spacial score (nSPS) is 19.3. The highest BCUT2D eigenvalue weighted by molar-refractivity contribution is 5.86. The van der Waals surface area contributed by atoms with Gasteiger partial charge in [-0.1, -0.05) is 0 Å². The summed E-state index contributed by atoms with van der Waals surface area (Å²) >= 11 is 0. The highest BCUT2D eigenvalue weighted by atomic mass is 19.1. The number of benzene rings is 1. The lowest BCUT2D eigenvalue weighted by Gasteiger charge is -2.26. The molecule has 1 aliphatic rings. The summed E-state index contributed by atoms with van der Waals surface area (Å²) in [4.78, 5) is 15.6. The van der Waals surface area contributed by atoms with E-state index in [1.54, 1.807) is 19.1 Å². The first-order valence-electron chi connectivity index (χ1n) is 10.7. The van der Waals surface area contributed by atoms with E-state index in [0.717, 1.165) is 5.82 Å². The van der Waals surface area contributed by atoms with E-state index in [2.05, 4.69) is 15.3 Å². The Morgan fingerprint density at radius 3 is 2.56 bits per heavy atom. The monoisotopic (exact) mass is 435 g/mol. The van der Waals surface area contributed by atoms with Crippen LogP contribution in [0.4, 0.5) is 10.2 Å². The summed E-state index contributed by atoms with van der Waals surface area (Å²) < 4.78 is 20.2. The van der Waals surface area contributed by atoms with Crippen LogP contribution in [0.1, 0.15) is 26.7 Å². The van der Waals surface area contributed by atoms with Crippen LogP contribution in [-0.2, 0) is 0 Å². The summed E-state index contributed by atoms with van der Waals surface area (Å²) in [6, 6.07) is 10.5. The molecule has 1 aliphatic heterocycles. The van der Waals surface area contributed by atoms with Crippen LogP contribution < -0.4 is 10.2 Å². The van der Waals surface area contributed by atoms with Crippen molar-refractivity contribution in [2.45, 2.75) is 45.4 Å². The Morgan fingerprint density at radius 1 is 1.03 bits per heavy atom. The van der Waals surface area contributed by atoms with E-state index in [4.69, 9.17) is 9.40 Å². The molecule has 0 radical (unpaired) electrons. The van der Waals surface area contributed by atoms with Crippen LogP contribution in [0.5, 0.6) is 5.75 Å². The largest absolute Gasteiger partial charge is 0.507 e. The maximum absolute atomic E-state index is 14.6. The predicted octanol–water partition coefficient (Wildman–Crippen LogP) is 4.37. The number of hydrogen-bond acceptors (Lipinski definition) is 7. The molecule has 4 aromatic rings. The minimum atomic E-state index is -0.954. The molecule has 8 heteroatoms. The summed E-state index contributed by atoms with van der Waals surface area (Å²) in [5.41, 5.74) is 3.63. The highest BCUT2D eigenvalue weighted by Crippen LogP contribution is 2.33. The van der Waals surface area contributed by atoms with Crippen LogP contribution in [0.3, 0.4) is 0 Å². The quantitative estimate of drug-likeness (QED) is 0.494. The van der Waals surface area contributed by atoms with Gasteiger partial charge in [-0.25, -0.2) is 19.3 Å². The Hall–Kier alpha value is -3.26. The molecule has 0 amide bonds. The topological polar surface area (TPSA) is 87.3 Å². The van der Waals surface area contributed by atoms with E-state index < -0.39 is 6.17 Å². The SMILES string of the molecule is Cc1nc2cc(O)c(-c3ccc4nc(N5CC(F)C(NC(C)(C)C)C5)ccc4n3)cc2o1. The fourth-order valence-electron chi connectivity index (χ4n) is 4.25. The van der Waals surface area contributed by atoms with Crippen molar-refractivity contribution >= 4 is 28.0 Å². The van der Waals surface area contributed by atoms with Crippen LogP contribution in [0.2, 0.25) is 0 Å². The van der Waals surface area contributed by atoms with Gasteiger partial charge >= 0.3 is 0 Å². The van der Waals surface area contributed by atoms with Gasteiger partial charge in [-0.2, -0.15) is 0 Å². The van der Waals surface area contributed by atoms with Crippen molar-refractivity contribution in [1.82, 2.24) is 20.3 Å². The van der Waals surface area contributed by atoms with Crippen molar-refractivity contribution in [3.05, 3.63) is 42.3 Å². The maximum Gasteiger partial charge on any atom is 0.192 e. The fourth-order valence-corrected chi connectivity index (χ4v) is 4.25. The number of hydrogen-bond donors (Lipinski definition) is 2. The molecule has 2 unspecified atom stereocenters. The number of aromatic nitrogens is 3. The number of anilines is 1. The standard InChI is InChI=1S/C24H26FN5O2/c1-13-26-19-10-21(31)14(9-22(19)32-13)16-5-6-18-17(27-16)7-8-23(28-18)30-11-15(25)20(12-30)29-24(2,3)4/h5-10,15,20,29,31H,11-12H2,1-4H3. The first-order valence-corrected chi connectivity index (χ1v) is 10.7.